The predicted molar refractivity (Wildman–Crippen MR) is 83.4 cm³/mol. The summed E-state index contributed by atoms with van der Waals surface area (Å²) in [6.07, 6.45) is 2.36. The molecule has 126 valence electrons. The van der Waals surface area contributed by atoms with E-state index in [1.807, 2.05) is 0 Å². The Hall–Kier alpha value is -1.93. The summed E-state index contributed by atoms with van der Waals surface area (Å²) in [7, 11) is -2.02. The monoisotopic (exact) mass is 340 g/mol. The van der Waals surface area contributed by atoms with Crippen LogP contribution in [0.1, 0.15) is 24.8 Å². The number of likely N-dealkylation sites (N-methyl/N-ethyl adjacent to an activating group) is 1. The summed E-state index contributed by atoms with van der Waals surface area (Å²) in [5, 5.41) is 8.63. The lowest BCUT2D eigenvalue weighted by molar-refractivity contribution is -0.143. The largest absolute Gasteiger partial charge is 0.480 e. The van der Waals surface area contributed by atoms with Crippen LogP contribution in [-0.2, 0) is 26.0 Å². The van der Waals surface area contributed by atoms with Crippen molar-refractivity contribution in [2.75, 3.05) is 13.6 Å². The quantitative estimate of drug-likeness (QED) is 0.721. The Labute approximate surface area is 135 Å². The topological polar surface area (TPSA) is 104 Å². The minimum absolute atomic E-state index is 0.0575. The van der Waals surface area contributed by atoms with E-state index < -0.39 is 16.0 Å². The first kappa shape index (κ1) is 17.4. The Kier molecular flexibility index (Phi) is 5.38. The molecule has 7 nitrogen and oxygen atoms in total. The van der Waals surface area contributed by atoms with Crippen LogP contribution in [0.4, 0.5) is 0 Å². The highest BCUT2D eigenvalue weighted by atomic mass is 32.2. The van der Waals surface area contributed by atoms with Crippen LogP contribution >= 0.6 is 0 Å². The molecule has 0 unspecified atom stereocenters. The van der Waals surface area contributed by atoms with Gasteiger partial charge in [0, 0.05) is 19.5 Å². The van der Waals surface area contributed by atoms with E-state index in [-0.39, 0.29) is 29.8 Å². The zero-order valence-corrected chi connectivity index (χ0v) is 13.7. The van der Waals surface area contributed by atoms with Gasteiger partial charge in [0.05, 0.1) is 4.90 Å². The summed E-state index contributed by atoms with van der Waals surface area (Å²) in [5.41, 5.74) is 0.826. The van der Waals surface area contributed by atoms with E-state index >= 15 is 0 Å². The highest BCUT2D eigenvalue weighted by molar-refractivity contribution is 7.89. The third-order valence-electron chi connectivity index (χ3n) is 3.56. The number of hydrogen-bond donors (Lipinski definition) is 2. The summed E-state index contributed by atoms with van der Waals surface area (Å²) >= 11 is 0. The van der Waals surface area contributed by atoms with E-state index in [0.717, 1.165) is 23.3 Å². The molecule has 2 rings (SSSR count). The molecule has 0 aromatic heterocycles. The molecule has 1 aromatic carbocycles. The Morgan fingerprint density at radius 3 is 2.39 bits per heavy atom. The summed E-state index contributed by atoms with van der Waals surface area (Å²) in [6, 6.07) is 6.44. The van der Waals surface area contributed by atoms with Gasteiger partial charge in [-0.05, 0) is 37.0 Å². The van der Waals surface area contributed by atoms with E-state index in [9.17, 15) is 18.0 Å². The Balaban J connectivity index is 1.89. The maximum absolute atomic E-state index is 12.0. The van der Waals surface area contributed by atoms with Gasteiger partial charge in [0.1, 0.15) is 6.54 Å². The van der Waals surface area contributed by atoms with E-state index in [0.29, 0.717) is 6.42 Å². The van der Waals surface area contributed by atoms with Gasteiger partial charge in [-0.25, -0.2) is 13.1 Å². The van der Waals surface area contributed by atoms with Gasteiger partial charge in [-0.2, -0.15) is 0 Å². The number of aliphatic carboxylic acids is 1. The van der Waals surface area contributed by atoms with Gasteiger partial charge in [0.2, 0.25) is 15.9 Å². The molecule has 1 aliphatic rings. The van der Waals surface area contributed by atoms with Crippen molar-refractivity contribution in [1.82, 2.24) is 9.62 Å². The highest BCUT2D eigenvalue weighted by Gasteiger charge is 2.27. The Morgan fingerprint density at radius 1 is 1.26 bits per heavy atom. The van der Waals surface area contributed by atoms with E-state index in [1.165, 1.54) is 19.2 Å². The molecule has 0 bridgehead atoms. The molecule has 1 aliphatic carbocycles. The van der Waals surface area contributed by atoms with Gasteiger partial charge < -0.3 is 10.0 Å². The molecule has 1 amide bonds. The molecule has 0 heterocycles. The molecule has 1 saturated carbocycles. The molecule has 8 heteroatoms. The van der Waals surface area contributed by atoms with Crippen molar-refractivity contribution in [2.45, 2.75) is 36.6 Å². The molecule has 0 radical (unpaired) electrons. The van der Waals surface area contributed by atoms with Gasteiger partial charge in [-0.15, -0.1) is 0 Å². The number of nitrogens with one attached hydrogen (secondary N) is 1. The van der Waals surface area contributed by atoms with Crippen LogP contribution in [0, 0.1) is 0 Å². The second-order valence-corrected chi connectivity index (χ2v) is 7.40. The predicted octanol–water partition coefficient (Wildman–Crippen LogP) is 0.603. The lowest BCUT2D eigenvalue weighted by Crippen LogP contribution is -2.32. The molecule has 0 spiro atoms. The van der Waals surface area contributed by atoms with Crippen molar-refractivity contribution in [3.05, 3.63) is 29.8 Å². The van der Waals surface area contributed by atoms with Crippen molar-refractivity contribution in [3.63, 3.8) is 0 Å². The van der Waals surface area contributed by atoms with Gasteiger partial charge in [0.25, 0.3) is 0 Å². The van der Waals surface area contributed by atoms with Crippen LogP contribution in [-0.4, -0.2) is 49.9 Å². The van der Waals surface area contributed by atoms with Crippen LogP contribution < -0.4 is 4.72 Å². The molecular weight excluding hydrogens is 320 g/mol. The number of carboxylic acids is 1. The minimum atomic E-state index is -3.46. The zero-order valence-electron chi connectivity index (χ0n) is 12.9. The fourth-order valence-corrected chi connectivity index (χ4v) is 3.36. The normalized spacial score (nSPS) is 14.5. The van der Waals surface area contributed by atoms with Crippen LogP contribution in [0.5, 0.6) is 0 Å². The maximum atomic E-state index is 12.0. The number of rotatable bonds is 8. The summed E-state index contributed by atoms with van der Waals surface area (Å²) in [4.78, 5) is 23.7. The second-order valence-electron chi connectivity index (χ2n) is 5.68. The van der Waals surface area contributed by atoms with Crippen LogP contribution in [0.15, 0.2) is 29.2 Å². The molecule has 1 fully saturated rings. The summed E-state index contributed by atoms with van der Waals surface area (Å²) < 4.78 is 26.7. The summed E-state index contributed by atoms with van der Waals surface area (Å²) in [6.45, 7) is -0.331. The number of hydrogen-bond acceptors (Lipinski definition) is 4. The third kappa shape index (κ3) is 5.33. The summed E-state index contributed by atoms with van der Waals surface area (Å²) in [5.74, 6) is -1.32. The maximum Gasteiger partial charge on any atom is 0.323 e. The first-order valence-electron chi connectivity index (χ1n) is 7.35. The Morgan fingerprint density at radius 2 is 1.87 bits per heavy atom. The molecule has 0 atom stereocenters. The molecule has 0 saturated heterocycles. The number of benzene rings is 1. The average Bonchev–Trinajstić information content (AvgIpc) is 3.27. The SMILES string of the molecule is CN(CC(=O)O)C(=O)CCc1ccc(S(=O)(=O)NC2CC2)cc1. The molecule has 2 N–H and O–H groups in total. The first-order chi connectivity index (χ1) is 10.8. The van der Waals surface area contributed by atoms with E-state index in [4.69, 9.17) is 5.11 Å². The lowest BCUT2D eigenvalue weighted by Gasteiger charge is -2.14. The zero-order chi connectivity index (χ0) is 17.0. The van der Waals surface area contributed by atoms with E-state index in [1.54, 1.807) is 12.1 Å². The third-order valence-corrected chi connectivity index (χ3v) is 5.09. The van der Waals surface area contributed by atoms with Gasteiger partial charge in [0.15, 0.2) is 0 Å². The number of carbonyl (C=O) groups is 2. The highest BCUT2D eigenvalue weighted by Crippen LogP contribution is 2.22. The molecular formula is C15H20N2O5S. The molecule has 1 aromatic rings. The van der Waals surface area contributed by atoms with Crippen molar-refractivity contribution < 1.29 is 23.1 Å². The van der Waals surface area contributed by atoms with Gasteiger partial charge in [-0.1, -0.05) is 12.1 Å². The number of aryl methyl sites for hydroxylation is 1. The van der Waals surface area contributed by atoms with Crippen molar-refractivity contribution in [2.24, 2.45) is 0 Å². The van der Waals surface area contributed by atoms with Gasteiger partial charge >= 0.3 is 5.97 Å². The minimum Gasteiger partial charge on any atom is -0.480 e. The second kappa shape index (κ2) is 7.10. The van der Waals surface area contributed by atoms with Crippen LogP contribution in [0.25, 0.3) is 0 Å². The smallest absolute Gasteiger partial charge is 0.323 e. The lowest BCUT2D eigenvalue weighted by atomic mass is 10.1. The van der Waals surface area contributed by atoms with Crippen LogP contribution in [0.2, 0.25) is 0 Å². The number of carboxylic acid groups (broad SMARTS) is 1. The Bertz CT molecular complexity index is 680. The molecule has 23 heavy (non-hydrogen) atoms. The molecule has 0 aliphatic heterocycles. The average molecular weight is 340 g/mol. The fourth-order valence-electron chi connectivity index (χ4n) is 2.06. The first-order valence-corrected chi connectivity index (χ1v) is 8.83. The van der Waals surface area contributed by atoms with Crippen LogP contribution in [0.3, 0.4) is 0 Å². The van der Waals surface area contributed by atoms with Crippen molar-refractivity contribution in [1.29, 1.82) is 0 Å². The number of amides is 1. The fraction of sp³-hybridized carbons (Fsp3) is 0.467. The van der Waals surface area contributed by atoms with Crippen molar-refractivity contribution in [3.8, 4) is 0 Å². The van der Waals surface area contributed by atoms with Gasteiger partial charge in [-0.3, -0.25) is 9.59 Å². The van der Waals surface area contributed by atoms with Crippen molar-refractivity contribution >= 4 is 21.9 Å². The number of carbonyl (C=O) groups excluding carboxylic acids is 1. The number of nitrogens with zero attached hydrogens (tertiary/aromatic N) is 1. The standard InChI is InChI=1S/C15H20N2O5S/c1-17(10-15(19)20)14(18)9-4-11-2-7-13(8-3-11)23(21,22)16-12-5-6-12/h2-3,7-8,12,16H,4-6,9-10H2,1H3,(H,19,20). The number of sulfonamides is 1. The van der Waals surface area contributed by atoms with E-state index in [2.05, 4.69) is 4.72 Å².